The molecule has 0 saturated carbocycles. The Labute approximate surface area is 116 Å². The first-order chi connectivity index (χ1) is 9.69. The van der Waals surface area contributed by atoms with Crippen LogP contribution in [0.5, 0.6) is 5.75 Å². The third-order valence-electron chi connectivity index (χ3n) is 2.83. The van der Waals surface area contributed by atoms with Gasteiger partial charge in [-0.1, -0.05) is 0 Å². The molecule has 0 spiro atoms. The number of furan rings is 1. The number of ether oxygens (including phenoxy) is 3. The van der Waals surface area contributed by atoms with Crippen molar-refractivity contribution in [2.75, 3.05) is 21.3 Å². The summed E-state index contributed by atoms with van der Waals surface area (Å²) in [5, 5.41) is 0.919. The number of hydrogen-bond acceptors (Lipinski definition) is 5. The third-order valence-corrected chi connectivity index (χ3v) is 2.83. The highest BCUT2D eigenvalue weighted by Gasteiger charge is 2.12. The van der Waals surface area contributed by atoms with Gasteiger partial charge in [0.15, 0.2) is 0 Å². The van der Waals surface area contributed by atoms with Crippen molar-refractivity contribution in [2.45, 2.75) is 6.61 Å². The Balaban J connectivity index is 2.52. The van der Waals surface area contributed by atoms with Crippen molar-refractivity contribution in [1.82, 2.24) is 0 Å². The van der Waals surface area contributed by atoms with Crippen molar-refractivity contribution >= 4 is 23.0 Å². The highest BCUT2D eigenvalue weighted by Crippen LogP contribution is 2.31. The number of fused-ring (bicyclic) bond motifs is 1. The highest BCUT2D eigenvalue weighted by molar-refractivity contribution is 5.94. The fourth-order valence-corrected chi connectivity index (χ4v) is 1.93. The van der Waals surface area contributed by atoms with Crippen LogP contribution in [-0.4, -0.2) is 27.3 Å². The number of hydrogen-bond donors (Lipinski definition) is 0. The van der Waals surface area contributed by atoms with Gasteiger partial charge in [-0.3, -0.25) is 0 Å². The zero-order chi connectivity index (χ0) is 14.5. The average molecular weight is 276 g/mol. The van der Waals surface area contributed by atoms with E-state index < -0.39 is 5.97 Å². The van der Waals surface area contributed by atoms with Crippen LogP contribution in [0.3, 0.4) is 0 Å². The lowest BCUT2D eigenvalue weighted by molar-refractivity contribution is -0.134. The molecule has 0 aliphatic carbocycles. The Bertz CT molecular complexity index is 639. The van der Waals surface area contributed by atoms with Gasteiger partial charge in [0.1, 0.15) is 23.7 Å². The molecular weight excluding hydrogens is 260 g/mol. The van der Waals surface area contributed by atoms with Crippen LogP contribution in [0.2, 0.25) is 0 Å². The minimum Gasteiger partial charge on any atom is -0.496 e. The Morgan fingerprint density at radius 2 is 2.10 bits per heavy atom. The van der Waals surface area contributed by atoms with E-state index in [0.717, 1.165) is 5.39 Å². The second-order valence-electron chi connectivity index (χ2n) is 4.10. The van der Waals surface area contributed by atoms with Crippen LogP contribution in [-0.2, 0) is 20.9 Å². The molecule has 5 nitrogen and oxygen atoms in total. The largest absolute Gasteiger partial charge is 0.496 e. The van der Waals surface area contributed by atoms with E-state index in [4.69, 9.17) is 13.9 Å². The maximum atomic E-state index is 11.2. The fraction of sp³-hybridized carbons (Fsp3) is 0.267. The molecule has 1 heterocycles. The molecule has 0 aliphatic heterocycles. The molecule has 0 atom stereocenters. The Hall–Kier alpha value is -2.27. The van der Waals surface area contributed by atoms with Gasteiger partial charge in [0.05, 0.1) is 19.8 Å². The van der Waals surface area contributed by atoms with Crippen LogP contribution in [0, 0.1) is 0 Å². The second-order valence-corrected chi connectivity index (χ2v) is 4.10. The van der Waals surface area contributed by atoms with Gasteiger partial charge in [0.2, 0.25) is 0 Å². The molecule has 1 aromatic carbocycles. The number of carbonyl (C=O) groups is 1. The number of rotatable bonds is 5. The van der Waals surface area contributed by atoms with E-state index in [1.807, 2.05) is 18.2 Å². The van der Waals surface area contributed by atoms with Crippen molar-refractivity contribution in [3.05, 3.63) is 35.6 Å². The standard InChI is InChI=1S/C15H16O5/c1-17-9-11-8-10-4-6-13(18-2)12(15(10)20-11)5-7-14(16)19-3/h4-8H,9H2,1-3H3. The molecule has 0 saturated heterocycles. The number of esters is 1. The lowest BCUT2D eigenvalue weighted by atomic mass is 10.1. The number of carbonyl (C=O) groups excluding carboxylic acids is 1. The maximum absolute atomic E-state index is 11.2. The summed E-state index contributed by atoms with van der Waals surface area (Å²) in [7, 11) is 4.50. The SMILES string of the molecule is COCc1cc2ccc(OC)c(C=CC(=O)OC)c2o1. The van der Waals surface area contributed by atoms with E-state index in [2.05, 4.69) is 4.74 Å². The first-order valence-electron chi connectivity index (χ1n) is 6.04. The van der Waals surface area contributed by atoms with Gasteiger partial charge in [-0.05, 0) is 24.3 Å². The van der Waals surface area contributed by atoms with Crippen molar-refractivity contribution in [2.24, 2.45) is 0 Å². The summed E-state index contributed by atoms with van der Waals surface area (Å²) >= 11 is 0. The summed E-state index contributed by atoms with van der Waals surface area (Å²) in [6, 6.07) is 5.62. The van der Waals surface area contributed by atoms with Crippen molar-refractivity contribution < 1.29 is 23.4 Å². The van der Waals surface area contributed by atoms with Gasteiger partial charge in [0.25, 0.3) is 0 Å². The molecular formula is C15H16O5. The Kier molecular flexibility index (Phi) is 4.42. The molecule has 0 N–H and O–H groups in total. The maximum Gasteiger partial charge on any atom is 0.330 e. The van der Waals surface area contributed by atoms with Crippen LogP contribution >= 0.6 is 0 Å². The molecule has 20 heavy (non-hydrogen) atoms. The molecule has 2 rings (SSSR count). The Morgan fingerprint density at radius 1 is 1.30 bits per heavy atom. The molecule has 2 aromatic rings. The summed E-state index contributed by atoms with van der Waals surface area (Å²) in [4.78, 5) is 11.2. The van der Waals surface area contributed by atoms with Crippen LogP contribution < -0.4 is 4.74 Å². The summed E-state index contributed by atoms with van der Waals surface area (Å²) in [5.41, 5.74) is 1.34. The molecule has 0 radical (unpaired) electrons. The molecule has 0 aliphatic rings. The van der Waals surface area contributed by atoms with Gasteiger partial charge < -0.3 is 18.6 Å². The summed E-state index contributed by atoms with van der Waals surface area (Å²) < 4.78 is 20.7. The van der Waals surface area contributed by atoms with Gasteiger partial charge in [-0.15, -0.1) is 0 Å². The molecule has 0 bridgehead atoms. The molecule has 1 aromatic heterocycles. The van der Waals surface area contributed by atoms with Gasteiger partial charge in [0, 0.05) is 18.6 Å². The van der Waals surface area contributed by atoms with E-state index in [1.54, 1.807) is 20.3 Å². The molecule has 0 fully saturated rings. The zero-order valence-electron chi connectivity index (χ0n) is 11.6. The van der Waals surface area contributed by atoms with E-state index in [0.29, 0.717) is 29.3 Å². The normalized spacial score (nSPS) is 11.2. The predicted octanol–water partition coefficient (Wildman–Crippen LogP) is 2.77. The van der Waals surface area contributed by atoms with Crippen LogP contribution in [0.15, 0.2) is 28.7 Å². The molecule has 0 amide bonds. The van der Waals surface area contributed by atoms with Crippen molar-refractivity contribution in [3.63, 3.8) is 0 Å². The second kappa shape index (κ2) is 6.25. The van der Waals surface area contributed by atoms with Crippen LogP contribution in [0.1, 0.15) is 11.3 Å². The van der Waals surface area contributed by atoms with Crippen molar-refractivity contribution in [3.8, 4) is 5.75 Å². The van der Waals surface area contributed by atoms with Crippen LogP contribution in [0.25, 0.3) is 17.0 Å². The first kappa shape index (κ1) is 14.1. The predicted molar refractivity (Wildman–Crippen MR) is 74.5 cm³/mol. The quantitative estimate of drug-likeness (QED) is 0.621. The third kappa shape index (κ3) is 2.83. The highest BCUT2D eigenvalue weighted by atomic mass is 16.5. The van der Waals surface area contributed by atoms with Gasteiger partial charge in [-0.25, -0.2) is 4.79 Å². The van der Waals surface area contributed by atoms with Gasteiger partial charge in [-0.2, -0.15) is 0 Å². The van der Waals surface area contributed by atoms with Gasteiger partial charge >= 0.3 is 5.97 Å². The van der Waals surface area contributed by atoms with E-state index in [1.165, 1.54) is 13.2 Å². The zero-order valence-corrected chi connectivity index (χ0v) is 11.6. The van der Waals surface area contributed by atoms with E-state index in [-0.39, 0.29) is 0 Å². The topological polar surface area (TPSA) is 57.9 Å². The molecule has 5 heteroatoms. The van der Waals surface area contributed by atoms with Crippen LogP contribution in [0.4, 0.5) is 0 Å². The minimum absolute atomic E-state index is 0.386. The lowest BCUT2D eigenvalue weighted by Crippen LogP contribution is -1.94. The monoisotopic (exact) mass is 276 g/mol. The first-order valence-corrected chi connectivity index (χ1v) is 6.04. The summed E-state index contributed by atoms with van der Waals surface area (Å²) in [6.07, 6.45) is 2.95. The molecule has 0 unspecified atom stereocenters. The molecule has 106 valence electrons. The van der Waals surface area contributed by atoms with E-state index >= 15 is 0 Å². The number of benzene rings is 1. The minimum atomic E-state index is -0.437. The summed E-state index contributed by atoms with van der Waals surface area (Å²) in [6.45, 7) is 0.386. The number of methoxy groups -OCH3 is 3. The Morgan fingerprint density at radius 3 is 2.75 bits per heavy atom. The summed E-state index contributed by atoms with van der Waals surface area (Å²) in [5.74, 6) is 0.896. The smallest absolute Gasteiger partial charge is 0.330 e. The van der Waals surface area contributed by atoms with Crippen molar-refractivity contribution in [1.29, 1.82) is 0 Å². The average Bonchev–Trinajstić information content (AvgIpc) is 2.87. The lowest BCUT2D eigenvalue weighted by Gasteiger charge is -2.04. The fourth-order valence-electron chi connectivity index (χ4n) is 1.93. The van der Waals surface area contributed by atoms with E-state index in [9.17, 15) is 4.79 Å².